The highest BCUT2D eigenvalue weighted by molar-refractivity contribution is 14.0. The van der Waals surface area contributed by atoms with E-state index in [9.17, 15) is 0 Å². The van der Waals surface area contributed by atoms with Crippen molar-refractivity contribution in [1.82, 2.24) is 20.4 Å². The highest BCUT2D eigenvalue weighted by atomic mass is 127. The van der Waals surface area contributed by atoms with Gasteiger partial charge >= 0.3 is 0 Å². The molecular formula is C23H39ClIN5O. The Morgan fingerprint density at radius 1 is 1.23 bits per heavy atom. The summed E-state index contributed by atoms with van der Waals surface area (Å²) in [5, 5.41) is 7.86. The quantitative estimate of drug-likeness (QED) is 0.288. The van der Waals surface area contributed by atoms with Gasteiger partial charge in [-0.25, -0.2) is 0 Å². The summed E-state index contributed by atoms with van der Waals surface area (Å²) in [5.74, 6) is 1.64. The number of hydrogen-bond donors (Lipinski definition) is 2. The SMILES string of the molecule is CCNC(=NCC(c1ccc(Cl)cc1)N(C)C)NC1CCN(CC2CCOC2)CC1.I. The Morgan fingerprint density at radius 3 is 2.52 bits per heavy atom. The van der Waals surface area contributed by atoms with Gasteiger partial charge in [0.05, 0.1) is 19.2 Å². The fourth-order valence-electron chi connectivity index (χ4n) is 4.30. The third kappa shape index (κ3) is 8.68. The molecule has 2 N–H and O–H groups in total. The Hall–Kier alpha value is -0.610. The normalized spacial score (nSPS) is 21.7. The number of rotatable bonds is 8. The minimum Gasteiger partial charge on any atom is -0.381 e. The van der Waals surface area contributed by atoms with Gasteiger partial charge in [0.25, 0.3) is 0 Å². The number of aliphatic imine (C=N–C) groups is 1. The Bertz CT molecular complexity index is 658. The monoisotopic (exact) mass is 563 g/mol. The number of guanidine groups is 1. The number of halogens is 2. The Balaban J connectivity index is 0.00000341. The molecule has 0 spiro atoms. The lowest BCUT2D eigenvalue weighted by Crippen LogP contribution is -2.49. The zero-order valence-corrected chi connectivity index (χ0v) is 22.2. The van der Waals surface area contributed by atoms with Crippen molar-refractivity contribution in [3.8, 4) is 0 Å². The summed E-state index contributed by atoms with van der Waals surface area (Å²) in [6.07, 6.45) is 3.54. The predicted octanol–water partition coefficient (Wildman–Crippen LogP) is 3.62. The lowest BCUT2D eigenvalue weighted by Gasteiger charge is -2.34. The molecule has 2 aliphatic heterocycles. The van der Waals surface area contributed by atoms with Crippen LogP contribution in [0.25, 0.3) is 0 Å². The van der Waals surface area contributed by atoms with Gasteiger partial charge in [-0.15, -0.1) is 24.0 Å². The first kappa shape index (κ1) is 26.6. The van der Waals surface area contributed by atoms with Crippen LogP contribution in [0.5, 0.6) is 0 Å². The average molecular weight is 564 g/mol. The van der Waals surface area contributed by atoms with E-state index in [0.717, 1.165) is 62.6 Å². The second kappa shape index (κ2) is 13.8. The van der Waals surface area contributed by atoms with Crippen LogP contribution < -0.4 is 10.6 Å². The van der Waals surface area contributed by atoms with Gasteiger partial charge < -0.3 is 25.2 Å². The van der Waals surface area contributed by atoms with Crippen LogP contribution in [0.1, 0.15) is 37.8 Å². The molecule has 0 saturated carbocycles. The Labute approximate surface area is 210 Å². The first-order valence-corrected chi connectivity index (χ1v) is 11.7. The van der Waals surface area contributed by atoms with Crippen molar-refractivity contribution in [2.45, 2.75) is 38.3 Å². The molecule has 2 unspecified atom stereocenters. The van der Waals surface area contributed by atoms with Gasteiger partial charge in [-0.05, 0) is 63.9 Å². The Morgan fingerprint density at radius 2 is 1.94 bits per heavy atom. The van der Waals surface area contributed by atoms with Crippen molar-refractivity contribution >= 4 is 41.5 Å². The third-order valence-corrected chi connectivity index (χ3v) is 6.37. The van der Waals surface area contributed by atoms with E-state index in [-0.39, 0.29) is 30.0 Å². The van der Waals surface area contributed by atoms with Crippen molar-refractivity contribution in [3.05, 3.63) is 34.9 Å². The largest absolute Gasteiger partial charge is 0.381 e. The Kier molecular flexibility index (Phi) is 11.9. The van der Waals surface area contributed by atoms with Crippen LogP contribution in [0, 0.1) is 5.92 Å². The molecule has 2 aliphatic rings. The van der Waals surface area contributed by atoms with Gasteiger partial charge in [0.1, 0.15) is 0 Å². The van der Waals surface area contributed by atoms with Crippen LogP contribution in [-0.2, 0) is 4.74 Å². The molecule has 8 heteroatoms. The molecule has 2 heterocycles. The third-order valence-electron chi connectivity index (χ3n) is 6.11. The zero-order chi connectivity index (χ0) is 21.3. The molecule has 1 aromatic rings. The molecule has 6 nitrogen and oxygen atoms in total. The second-order valence-electron chi connectivity index (χ2n) is 8.70. The molecule has 0 aliphatic carbocycles. The van der Waals surface area contributed by atoms with Crippen LogP contribution in [0.4, 0.5) is 0 Å². The zero-order valence-electron chi connectivity index (χ0n) is 19.1. The summed E-state index contributed by atoms with van der Waals surface area (Å²) in [4.78, 5) is 9.73. The van der Waals surface area contributed by atoms with E-state index in [1.807, 2.05) is 12.1 Å². The number of likely N-dealkylation sites (tertiary alicyclic amines) is 1. The summed E-state index contributed by atoms with van der Waals surface area (Å²) >= 11 is 6.06. The van der Waals surface area contributed by atoms with E-state index in [4.69, 9.17) is 21.3 Å². The van der Waals surface area contributed by atoms with Crippen LogP contribution in [0.15, 0.2) is 29.3 Å². The predicted molar refractivity (Wildman–Crippen MR) is 141 cm³/mol. The molecule has 31 heavy (non-hydrogen) atoms. The first-order chi connectivity index (χ1) is 14.5. The molecule has 0 amide bonds. The lowest BCUT2D eigenvalue weighted by molar-refractivity contribution is 0.150. The second-order valence-corrected chi connectivity index (χ2v) is 9.14. The van der Waals surface area contributed by atoms with Crippen LogP contribution in [0.3, 0.4) is 0 Å². The van der Waals surface area contributed by atoms with Crippen molar-refractivity contribution < 1.29 is 4.74 Å². The van der Waals surface area contributed by atoms with Crippen LogP contribution in [-0.4, -0.2) is 81.8 Å². The molecule has 1 aromatic carbocycles. The standard InChI is InChI=1S/C23H38ClN5O.HI/c1-4-25-23(26-15-22(28(2)3)19-5-7-20(24)8-6-19)27-21-9-12-29(13-10-21)16-18-11-14-30-17-18;/h5-8,18,21-22H,4,9-17H2,1-3H3,(H2,25,26,27);1H. The number of hydrogen-bond acceptors (Lipinski definition) is 4. The van der Waals surface area contributed by atoms with E-state index in [0.29, 0.717) is 12.6 Å². The topological polar surface area (TPSA) is 52.1 Å². The molecule has 2 fully saturated rings. The number of ether oxygens (including phenoxy) is 1. The molecule has 2 atom stereocenters. The van der Waals surface area contributed by atoms with Gasteiger partial charge in [-0.1, -0.05) is 23.7 Å². The molecule has 2 saturated heterocycles. The molecule has 0 aromatic heterocycles. The summed E-state index contributed by atoms with van der Waals surface area (Å²) in [5.41, 5.74) is 1.23. The summed E-state index contributed by atoms with van der Waals surface area (Å²) in [7, 11) is 4.19. The highest BCUT2D eigenvalue weighted by Crippen LogP contribution is 2.21. The average Bonchev–Trinajstić information content (AvgIpc) is 3.24. The van der Waals surface area contributed by atoms with E-state index in [1.54, 1.807) is 0 Å². The van der Waals surface area contributed by atoms with Gasteiger partial charge in [-0.3, -0.25) is 4.99 Å². The van der Waals surface area contributed by atoms with E-state index in [2.05, 4.69) is 53.6 Å². The molecule has 0 bridgehead atoms. The van der Waals surface area contributed by atoms with E-state index in [1.165, 1.54) is 18.5 Å². The van der Waals surface area contributed by atoms with Crippen molar-refractivity contribution in [2.75, 3.05) is 60.0 Å². The van der Waals surface area contributed by atoms with Gasteiger partial charge in [-0.2, -0.15) is 0 Å². The van der Waals surface area contributed by atoms with E-state index < -0.39 is 0 Å². The number of benzene rings is 1. The fraction of sp³-hybridized carbons (Fsp3) is 0.696. The lowest BCUT2D eigenvalue weighted by atomic mass is 10.0. The smallest absolute Gasteiger partial charge is 0.191 e. The highest BCUT2D eigenvalue weighted by Gasteiger charge is 2.24. The van der Waals surface area contributed by atoms with Crippen molar-refractivity contribution in [3.63, 3.8) is 0 Å². The van der Waals surface area contributed by atoms with Crippen molar-refractivity contribution in [2.24, 2.45) is 10.9 Å². The maximum Gasteiger partial charge on any atom is 0.191 e. The number of nitrogens with one attached hydrogen (secondary N) is 2. The summed E-state index contributed by atoms with van der Waals surface area (Å²) in [6.45, 7) is 9.05. The number of likely N-dealkylation sites (N-methyl/N-ethyl adjacent to an activating group) is 1. The van der Waals surface area contributed by atoms with Crippen LogP contribution >= 0.6 is 35.6 Å². The molecule has 176 valence electrons. The van der Waals surface area contributed by atoms with Gasteiger partial charge in [0.15, 0.2) is 5.96 Å². The fourth-order valence-corrected chi connectivity index (χ4v) is 4.42. The first-order valence-electron chi connectivity index (χ1n) is 11.3. The van der Waals surface area contributed by atoms with Crippen molar-refractivity contribution in [1.29, 1.82) is 0 Å². The van der Waals surface area contributed by atoms with Crippen LogP contribution in [0.2, 0.25) is 5.02 Å². The number of nitrogens with zero attached hydrogens (tertiary/aromatic N) is 3. The van der Waals surface area contributed by atoms with Gasteiger partial charge in [0, 0.05) is 43.9 Å². The van der Waals surface area contributed by atoms with E-state index >= 15 is 0 Å². The molecular weight excluding hydrogens is 525 g/mol. The molecule has 3 rings (SSSR count). The summed E-state index contributed by atoms with van der Waals surface area (Å²) < 4.78 is 5.53. The number of piperidine rings is 1. The minimum absolute atomic E-state index is 0. The minimum atomic E-state index is 0. The molecule has 0 radical (unpaired) electrons. The maximum atomic E-state index is 6.06. The maximum absolute atomic E-state index is 6.06. The van der Waals surface area contributed by atoms with Gasteiger partial charge in [0.2, 0.25) is 0 Å². The summed E-state index contributed by atoms with van der Waals surface area (Å²) in [6, 6.07) is 8.78.